The normalized spacial score (nSPS) is 15.1. The lowest BCUT2D eigenvalue weighted by atomic mass is 10.1. The highest BCUT2D eigenvalue weighted by molar-refractivity contribution is 6.15. The standard InChI is InChI=1S/C26H16O7/c1-14-18(33-26(28)23-12-16-4-2-3-5-19(16)31-23)9-7-17-24(27)22(32-25(14)17)11-15-6-8-20-21(10-15)30-13-29-20/h2-12H,13H2,1H3/b22-11-. The zero-order valence-corrected chi connectivity index (χ0v) is 17.4. The van der Waals surface area contributed by atoms with Crippen LogP contribution in [0.5, 0.6) is 23.0 Å². The summed E-state index contributed by atoms with van der Waals surface area (Å²) in [7, 11) is 0. The molecule has 0 bridgehead atoms. The number of carbonyl (C=O) groups excluding carboxylic acids is 2. The van der Waals surface area contributed by atoms with E-state index in [-0.39, 0.29) is 29.8 Å². The van der Waals surface area contributed by atoms with Crippen molar-refractivity contribution in [2.45, 2.75) is 6.92 Å². The Kier molecular flexibility index (Phi) is 4.23. The molecule has 7 nitrogen and oxygen atoms in total. The number of Topliss-reactive ketones (excluding diaryl/α,β-unsaturated/α-hetero) is 1. The third-order valence-corrected chi connectivity index (χ3v) is 5.56. The van der Waals surface area contributed by atoms with Crippen molar-refractivity contribution in [2.24, 2.45) is 0 Å². The van der Waals surface area contributed by atoms with E-state index in [0.29, 0.717) is 34.0 Å². The first-order valence-electron chi connectivity index (χ1n) is 10.2. The molecule has 1 aromatic heterocycles. The summed E-state index contributed by atoms with van der Waals surface area (Å²) in [4.78, 5) is 25.5. The van der Waals surface area contributed by atoms with E-state index in [0.717, 1.165) is 10.9 Å². The second kappa shape index (κ2) is 7.27. The van der Waals surface area contributed by atoms with Crippen LogP contribution in [0, 0.1) is 6.92 Å². The molecule has 3 heterocycles. The van der Waals surface area contributed by atoms with Gasteiger partial charge in [-0.3, -0.25) is 4.79 Å². The van der Waals surface area contributed by atoms with Crippen molar-refractivity contribution in [2.75, 3.05) is 6.79 Å². The maximum absolute atomic E-state index is 12.9. The van der Waals surface area contributed by atoms with Crippen LogP contribution >= 0.6 is 0 Å². The Hall–Kier alpha value is -4.52. The maximum Gasteiger partial charge on any atom is 0.379 e. The van der Waals surface area contributed by atoms with E-state index in [9.17, 15) is 9.59 Å². The fourth-order valence-electron chi connectivity index (χ4n) is 3.87. The van der Waals surface area contributed by atoms with Gasteiger partial charge in [-0.15, -0.1) is 0 Å². The number of rotatable bonds is 3. The molecule has 0 N–H and O–H groups in total. The van der Waals surface area contributed by atoms with Crippen molar-refractivity contribution in [3.8, 4) is 23.0 Å². The minimum atomic E-state index is -0.630. The number of hydrogen-bond donors (Lipinski definition) is 0. The first-order valence-corrected chi connectivity index (χ1v) is 10.2. The van der Waals surface area contributed by atoms with Gasteiger partial charge < -0.3 is 23.4 Å². The van der Waals surface area contributed by atoms with E-state index in [1.54, 1.807) is 49.4 Å². The highest BCUT2D eigenvalue weighted by Crippen LogP contribution is 2.40. The molecule has 0 spiro atoms. The van der Waals surface area contributed by atoms with Crippen molar-refractivity contribution in [3.05, 3.63) is 88.9 Å². The van der Waals surface area contributed by atoms with E-state index < -0.39 is 5.97 Å². The smallest absolute Gasteiger partial charge is 0.379 e. The molecular formula is C26H16O7. The van der Waals surface area contributed by atoms with Crippen LogP contribution in [0.3, 0.4) is 0 Å². The molecule has 33 heavy (non-hydrogen) atoms. The van der Waals surface area contributed by atoms with Gasteiger partial charge in [0.2, 0.25) is 18.3 Å². The van der Waals surface area contributed by atoms with Crippen LogP contribution < -0.4 is 18.9 Å². The van der Waals surface area contributed by atoms with E-state index >= 15 is 0 Å². The number of para-hydroxylation sites is 1. The monoisotopic (exact) mass is 440 g/mol. The summed E-state index contributed by atoms with van der Waals surface area (Å²) in [5.41, 5.74) is 2.29. The Morgan fingerprint density at radius 2 is 1.85 bits per heavy atom. The molecular weight excluding hydrogens is 424 g/mol. The number of ketones is 1. The molecule has 0 fully saturated rings. The first kappa shape index (κ1) is 19.2. The van der Waals surface area contributed by atoms with Crippen molar-refractivity contribution in [1.82, 2.24) is 0 Å². The van der Waals surface area contributed by atoms with Gasteiger partial charge in [-0.2, -0.15) is 0 Å². The average Bonchev–Trinajstić information content (AvgIpc) is 3.53. The first-order chi connectivity index (χ1) is 16.1. The van der Waals surface area contributed by atoms with Crippen LogP contribution in [0.15, 0.2) is 70.8 Å². The molecule has 6 rings (SSSR count). The number of ether oxygens (including phenoxy) is 4. The molecule has 0 amide bonds. The molecule has 0 aliphatic carbocycles. The molecule has 0 unspecified atom stereocenters. The number of benzene rings is 3. The van der Waals surface area contributed by atoms with Crippen molar-refractivity contribution >= 4 is 28.8 Å². The summed E-state index contributed by atoms with van der Waals surface area (Å²) in [6.07, 6.45) is 1.64. The average molecular weight is 440 g/mol. The molecule has 4 aromatic rings. The Balaban J connectivity index is 1.27. The van der Waals surface area contributed by atoms with E-state index in [4.69, 9.17) is 23.4 Å². The fourth-order valence-corrected chi connectivity index (χ4v) is 3.87. The number of allylic oxidation sites excluding steroid dienone is 1. The highest BCUT2D eigenvalue weighted by Gasteiger charge is 2.31. The molecule has 162 valence electrons. The van der Waals surface area contributed by atoms with Crippen LogP contribution in [-0.4, -0.2) is 18.5 Å². The van der Waals surface area contributed by atoms with Crippen molar-refractivity contribution < 1.29 is 33.0 Å². The van der Waals surface area contributed by atoms with Crippen LogP contribution in [0.1, 0.15) is 32.0 Å². The quantitative estimate of drug-likeness (QED) is 0.243. The second-order valence-corrected chi connectivity index (χ2v) is 7.66. The Morgan fingerprint density at radius 3 is 2.73 bits per heavy atom. The molecule has 2 aliphatic rings. The van der Waals surface area contributed by atoms with Crippen LogP contribution in [0.25, 0.3) is 17.0 Å². The number of furan rings is 1. The van der Waals surface area contributed by atoms with Gasteiger partial charge >= 0.3 is 5.97 Å². The minimum Gasteiger partial charge on any atom is -0.454 e. The van der Waals surface area contributed by atoms with E-state index in [1.807, 2.05) is 24.3 Å². The third kappa shape index (κ3) is 3.22. The molecule has 0 atom stereocenters. The number of carbonyl (C=O) groups is 2. The lowest BCUT2D eigenvalue weighted by Gasteiger charge is -2.09. The van der Waals surface area contributed by atoms with Gasteiger partial charge in [0.15, 0.2) is 17.3 Å². The number of hydrogen-bond acceptors (Lipinski definition) is 7. The predicted molar refractivity (Wildman–Crippen MR) is 118 cm³/mol. The van der Waals surface area contributed by atoms with E-state index in [1.165, 1.54) is 0 Å². The van der Waals surface area contributed by atoms with Gasteiger partial charge in [-0.1, -0.05) is 24.3 Å². The van der Waals surface area contributed by atoms with E-state index in [2.05, 4.69) is 0 Å². The molecule has 3 aromatic carbocycles. The highest BCUT2D eigenvalue weighted by atomic mass is 16.7. The molecule has 7 heteroatoms. The number of fused-ring (bicyclic) bond motifs is 3. The second-order valence-electron chi connectivity index (χ2n) is 7.66. The van der Waals surface area contributed by atoms with Gasteiger partial charge in [0, 0.05) is 10.9 Å². The summed E-state index contributed by atoms with van der Waals surface area (Å²) < 4.78 is 27.7. The predicted octanol–water partition coefficient (Wildman–Crippen LogP) is 5.31. The fraction of sp³-hybridized carbons (Fsp3) is 0.0769. The molecule has 2 aliphatic heterocycles. The lowest BCUT2D eigenvalue weighted by Crippen LogP contribution is -2.08. The SMILES string of the molecule is Cc1c(OC(=O)c2cc3ccccc3o2)ccc2c1O/C(=C\c1ccc3c(c1)OCO3)C2=O. The van der Waals surface area contributed by atoms with Crippen LogP contribution in [-0.2, 0) is 0 Å². The zero-order chi connectivity index (χ0) is 22.5. The van der Waals surface area contributed by atoms with Crippen molar-refractivity contribution in [1.29, 1.82) is 0 Å². The summed E-state index contributed by atoms with van der Waals surface area (Å²) in [6, 6.07) is 17.5. The van der Waals surface area contributed by atoms with Crippen LogP contribution in [0.4, 0.5) is 0 Å². The Morgan fingerprint density at radius 1 is 1.00 bits per heavy atom. The van der Waals surface area contributed by atoms with Gasteiger partial charge in [0.25, 0.3) is 0 Å². The summed E-state index contributed by atoms with van der Waals surface area (Å²) >= 11 is 0. The Labute approximate surface area is 187 Å². The lowest BCUT2D eigenvalue weighted by molar-refractivity contribution is 0.0702. The van der Waals surface area contributed by atoms with Gasteiger partial charge in [0.05, 0.1) is 5.56 Å². The molecule has 0 saturated carbocycles. The summed E-state index contributed by atoms with van der Waals surface area (Å²) in [5, 5.41) is 0.808. The van der Waals surface area contributed by atoms with Crippen LogP contribution in [0.2, 0.25) is 0 Å². The zero-order valence-electron chi connectivity index (χ0n) is 17.4. The molecule has 0 radical (unpaired) electrons. The van der Waals surface area contributed by atoms with Gasteiger partial charge in [-0.25, -0.2) is 4.79 Å². The molecule has 0 saturated heterocycles. The largest absolute Gasteiger partial charge is 0.454 e. The Bertz CT molecular complexity index is 1460. The van der Waals surface area contributed by atoms with Crippen molar-refractivity contribution in [3.63, 3.8) is 0 Å². The van der Waals surface area contributed by atoms with Gasteiger partial charge in [-0.05, 0) is 55.0 Å². The summed E-state index contributed by atoms with van der Waals surface area (Å²) in [6.45, 7) is 1.90. The minimum absolute atomic E-state index is 0.0940. The number of esters is 1. The third-order valence-electron chi connectivity index (χ3n) is 5.56. The summed E-state index contributed by atoms with van der Waals surface area (Å²) in [5.74, 6) is 1.31. The maximum atomic E-state index is 12.9. The van der Waals surface area contributed by atoms with Gasteiger partial charge in [0.1, 0.15) is 17.1 Å². The topological polar surface area (TPSA) is 84.2 Å².